The van der Waals surface area contributed by atoms with Crippen molar-refractivity contribution in [2.45, 2.75) is 432 Å². The number of hydrogen-bond acceptors (Lipinski definition) is 15. The summed E-state index contributed by atoms with van der Waals surface area (Å²) in [4.78, 5) is 72.9. The molecule has 5 atom stereocenters. The van der Waals surface area contributed by atoms with Crippen LogP contribution >= 0.6 is 15.6 Å². The summed E-state index contributed by atoms with van der Waals surface area (Å²) in [5.41, 5.74) is 0. The van der Waals surface area contributed by atoms with Gasteiger partial charge in [0.25, 0.3) is 0 Å². The van der Waals surface area contributed by atoms with Gasteiger partial charge in [-0.1, -0.05) is 362 Å². The molecule has 0 aromatic heterocycles. The monoisotopic (exact) mass is 1420 g/mol. The zero-order chi connectivity index (χ0) is 71.2. The van der Waals surface area contributed by atoms with Gasteiger partial charge in [0.15, 0.2) is 12.2 Å². The average Bonchev–Trinajstić information content (AvgIpc) is 2.17. The summed E-state index contributed by atoms with van der Waals surface area (Å²) in [6.07, 6.45) is 60.8. The molecular weight excluding hydrogens is 1270 g/mol. The molecule has 0 aromatic rings. The third kappa shape index (κ3) is 72.2. The van der Waals surface area contributed by atoms with Crippen LogP contribution < -0.4 is 0 Å². The normalized spacial score (nSPS) is 13.9. The Morgan fingerprint density at radius 1 is 0.278 bits per heavy atom. The fraction of sp³-hybridized carbons (Fsp3) is 0.949. The summed E-state index contributed by atoms with van der Waals surface area (Å²) in [7, 11) is -9.91. The van der Waals surface area contributed by atoms with Gasteiger partial charge in [-0.3, -0.25) is 37.3 Å². The Morgan fingerprint density at radius 3 is 0.701 bits per heavy atom. The third-order valence-electron chi connectivity index (χ3n) is 18.3. The van der Waals surface area contributed by atoms with Crippen LogP contribution in [0.15, 0.2) is 0 Å². The number of carbonyl (C=O) groups excluding carboxylic acids is 4. The van der Waals surface area contributed by atoms with Crippen molar-refractivity contribution in [3.8, 4) is 0 Å². The minimum absolute atomic E-state index is 0.108. The number of esters is 4. The van der Waals surface area contributed by atoms with Crippen LogP contribution in [0.5, 0.6) is 0 Å². The Kier molecular flexibility index (Phi) is 69.6. The molecule has 2 unspecified atom stereocenters. The van der Waals surface area contributed by atoms with Crippen molar-refractivity contribution < 1.29 is 80.2 Å². The van der Waals surface area contributed by atoms with Crippen LogP contribution in [0, 0.1) is 5.92 Å². The first kappa shape index (κ1) is 95.1. The van der Waals surface area contributed by atoms with E-state index in [1.807, 2.05) is 0 Å². The molecule has 0 amide bonds. The molecule has 0 bridgehead atoms. The summed E-state index contributed by atoms with van der Waals surface area (Å²) >= 11 is 0. The molecule has 0 saturated heterocycles. The molecule has 17 nitrogen and oxygen atoms in total. The Morgan fingerprint density at radius 2 is 0.474 bits per heavy atom. The highest BCUT2D eigenvalue weighted by Crippen LogP contribution is 2.45. The topological polar surface area (TPSA) is 237 Å². The van der Waals surface area contributed by atoms with Crippen LogP contribution in [0.3, 0.4) is 0 Å². The first-order valence-corrected chi connectivity index (χ1v) is 43.6. The van der Waals surface area contributed by atoms with E-state index in [0.717, 1.165) is 95.8 Å². The van der Waals surface area contributed by atoms with Gasteiger partial charge in [0.1, 0.15) is 19.3 Å². The number of aliphatic hydroxyl groups excluding tert-OH is 1. The molecule has 19 heteroatoms. The van der Waals surface area contributed by atoms with Crippen molar-refractivity contribution in [3.05, 3.63) is 0 Å². The van der Waals surface area contributed by atoms with E-state index in [1.165, 1.54) is 238 Å². The number of rotatable bonds is 78. The van der Waals surface area contributed by atoms with Crippen molar-refractivity contribution in [1.29, 1.82) is 0 Å². The highest BCUT2D eigenvalue weighted by atomic mass is 31.2. The van der Waals surface area contributed by atoms with Crippen molar-refractivity contribution in [2.24, 2.45) is 5.92 Å². The van der Waals surface area contributed by atoms with Crippen molar-refractivity contribution >= 4 is 39.5 Å². The quantitative estimate of drug-likeness (QED) is 0.0222. The summed E-state index contributed by atoms with van der Waals surface area (Å²) in [5.74, 6) is -1.33. The molecular formula is C78H152O17P2. The van der Waals surface area contributed by atoms with Gasteiger partial charge >= 0.3 is 39.5 Å². The number of unbranched alkanes of at least 4 members (excludes halogenated alkanes) is 50. The maximum absolute atomic E-state index is 13.1. The Hall–Kier alpha value is -1.94. The third-order valence-corrected chi connectivity index (χ3v) is 20.2. The van der Waals surface area contributed by atoms with Gasteiger partial charge in [-0.15, -0.1) is 0 Å². The lowest BCUT2D eigenvalue weighted by molar-refractivity contribution is -0.161. The van der Waals surface area contributed by atoms with Crippen molar-refractivity contribution in [2.75, 3.05) is 39.6 Å². The minimum atomic E-state index is -4.96. The van der Waals surface area contributed by atoms with E-state index >= 15 is 0 Å². The Bertz CT molecular complexity index is 1860. The predicted octanol–water partition coefficient (Wildman–Crippen LogP) is 23.3. The summed E-state index contributed by atoms with van der Waals surface area (Å²) in [5, 5.41) is 10.6. The molecule has 0 aliphatic rings. The number of aliphatic hydroxyl groups is 1. The van der Waals surface area contributed by atoms with Crippen LogP contribution in [0.1, 0.15) is 413 Å². The van der Waals surface area contributed by atoms with Crippen LogP contribution in [-0.2, 0) is 65.4 Å². The van der Waals surface area contributed by atoms with E-state index in [9.17, 15) is 43.2 Å². The standard InChI is InChI=1S/C78H152O17P2/c1-6-9-12-15-18-21-24-26-28-29-30-32-39-44-49-54-59-64-78(83)95-74(68-89-76(81)62-57-52-47-42-37-34-33-36-40-45-50-55-60-71(4)5)70-93-97(86,87)91-66-72(79)65-90-96(84,85)92-69-73(67-88-75(80)61-56-51-46-41-35-23-20-17-14-11-8-3)94-77(82)63-58-53-48-43-38-31-27-25-22-19-16-13-10-7-2/h71-74,79H,6-70H2,1-5H3,(H,84,85)(H,86,87)/t72-,73+,74+/m0/s1. The van der Waals surface area contributed by atoms with Crippen LogP contribution in [-0.4, -0.2) is 96.7 Å². The Labute approximate surface area is 594 Å². The van der Waals surface area contributed by atoms with Crippen LogP contribution in [0.4, 0.5) is 0 Å². The van der Waals surface area contributed by atoms with Gasteiger partial charge in [-0.25, -0.2) is 9.13 Å². The van der Waals surface area contributed by atoms with Gasteiger partial charge in [-0.05, 0) is 31.6 Å². The Balaban J connectivity index is 5.25. The number of phosphoric acid groups is 2. The van der Waals surface area contributed by atoms with E-state index in [2.05, 4.69) is 34.6 Å². The van der Waals surface area contributed by atoms with E-state index in [-0.39, 0.29) is 25.7 Å². The lowest BCUT2D eigenvalue weighted by atomic mass is 10.0. The highest BCUT2D eigenvalue weighted by Gasteiger charge is 2.30. The molecule has 0 spiro atoms. The number of carbonyl (C=O) groups is 4. The summed E-state index contributed by atoms with van der Waals surface area (Å²) in [6, 6.07) is 0. The summed E-state index contributed by atoms with van der Waals surface area (Å²) < 4.78 is 68.6. The fourth-order valence-corrected chi connectivity index (χ4v) is 13.6. The fourth-order valence-electron chi connectivity index (χ4n) is 12.1. The second-order valence-electron chi connectivity index (χ2n) is 28.6. The van der Waals surface area contributed by atoms with Crippen LogP contribution in [0.25, 0.3) is 0 Å². The number of ether oxygens (including phenoxy) is 4. The van der Waals surface area contributed by atoms with Crippen LogP contribution in [0.2, 0.25) is 0 Å². The smallest absolute Gasteiger partial charge is 0.462 e. The van der Waals surface area contributed by atoms with Gasteiger partial charge in [0.05, 0.1) is 26.4 Å². The molecule has 0 fully saturated rings. The second-order valence-corrected chi connectivity index (χ2v) is 31.5. The predicted molar refractivity (Wildman–Crippen MR) is 395 cm³/mol. The van der Waals surface area contributed by atoms with Crippen molar-refractivity contribution in [1.82, 2.24) is 0 Å². The molecule has 0 aromatic carbocycles. The molecule has 0 saturated carbocycles. The average molecular weight is 1420 g/mol. The molecule has 0 heterocycles. The molecule has 97 heavy (non-hydrogen) atoms. The zero-order valence-corrected chi connectivity index (χ0v) is 65.0. The molecule has 0 aliphatic carbocycles. The largest absolute Gasteiger partial charge is 0.472 e. The maximum Gasteiger partial charge on any atom is 0.472 e. The van der Waals surface area contributed by atoms with Gasteiger partial charge in [0, 0.05) is 25.7 Å². The molecule has 3 N–H and O–H groups in total. The lowest BCUT2D eigenvalue weighted by Crippen LogP contribution is -2.30. The second kappa shape index (κ2) is 71.1. The lowest BCUT2D eigenvalue weighted by Gasteiger charge is -2.21. The zero-order valence-electron chi connectivity index (χ0n) is 63.2. The highest BCUT2D eigenvalue weighted by molar-refractivity contribution is 7.47. The number of hydrogen-bond donors (Lipinski definition) is 3. The summed E-state index contributed by atoms with van der Waals surface area (Å²) in [6.45, 7) is 7.33. The first-order valence-electron chi connectivity index (χ1n) is 40.6. The van der Waals surface area contributed by atoms with Gasteiger partial charge in [-0.2, -0.15) is 0 Å². The SMILES string of the molecule is CCCCCCCCCCCCCCCCCCCC(=O)O[C@H](COC(=O)CCCCCCCCCCCCCCC(C)C)COP(=O)(O)OC[C@@H](O)COP(=O)(O)OC[C@@H](COC(=O)CCCCCCCCCCCCC)OC(=O)CCCCCCCCCCCCCCCC. The molecule has 0 rings (SSSR count). The molecule has 576 valence electrons. The van der Waals surface area contributed by atoms with E-state index in [4.69, 9.17) is 37.0 Å². The maximum atomic E-state index is 13.1. The molecule has 0 aliphatic heterocycles. The minimum Gasteiger partial charge on any atom is -0.462 e. The van der Waals surface area contributed by atoms with Gasteiger partial charge in [0.2, 0.25) is 0 Å². The molecule has 0 radical (unpaired) electrons. The first-order chi connectivity index (χ1) is 47.0. The van der Waals surface area contributed by atoms with Gasteiger partial charge < -0.3 is 33.8 Å². The number of phosphoric ester groups is 2. The van der Waals surface area contributed by atoms with E-state index in [0.29, 0.717) is 25.7 Å². The van der Waals surface area contributed by atoms with E-state index in [1.54, 1.807) is 0 Å². The van der Waals surface area contributed by atoms with Crippen molar-refractivity contribution in [3.63, 3.8) is 0 Å². The van der Waals surface area contributed by atoms with E-state index < -0.39 is 97.5 Å².